The predicted molar refractivity (Wildman–Crippen MR) is 114 cm³/mol. The van der Waals surface area contributed by atoms with Crippen LogP contribution in [0.15, 0.2) is 42.5 Å². The fourth-order valence-electron chi connectivity index (χ4n) is 3.26. The zero-order valence-electron chi connectivity index (χ0n) is 15.7. The lowest BCUT2D eigenvalue weighted by molar-refractivity contribution is -0.131. The maximum atomic E-state index is 12.8. The molecular weight excluding hydrogens is 471 g/mol. The van der Waals surface area contributed by atoms with Gasteiger partial charge < -0.3 is 10.1 Å². The van der Waals surface area contributed by atoms with Crippen LogP contribution in [-0.4, -0.2) is 28.8 Å². The SMILES string of the molecule is Cc1cc(I)cc(C)c1NC(=O)[C@H]1CCC(=O)N1C(=O)OCc1ccccc1. The Morgan fingerprint density at radius 3 is 2.46 bits per heavy atom. The van der Waals surface area contributed by atoms with Crippen molar-refractivity contribution in [1.29, 1.82) is 0 Å². The predicted octanol–water partition coefficient (Wildman–Crippen LogP) is 4.17. The largest absolute Gasteiger partial charge is 0.444 e. The quantitative estimate of drug-likeness (QED) is 0.651. The molecule has 0 unspecified atom stereocenters. The van der Waals surface area contributed by atoms with Crippen molar-refractivity contribution in [2.45, 2.75) is 39.3 Å². The summed E-state index contributed by atoms with van der Waals surface area (Å²) in [5.74, 6) is -0.774. The smallest absolute Gasteiger partial charge is 0.417 e. The van der Waals surface area contributed by atoms with E-state index in [9.17, 15) is 14.4 Å². The van der Waals surface area contributed by atoms with E-state index >= 15 is 0 Å². The molecule has 0 bridgehead atoms. The standard InChI is InChI=1S/C21H21IN2O4/c1-13-10-16(22)11-14(2)19(13)23-20(26)17-8-9-18(25)24(17)21(27)28-12-15-6-4-3-5-7-15/h3-7,10-11,17H,8-9,12H2,1-2H3,(H,23,26)/t17-/m1/s1. The van der Waals surface area contributed by atoms with Crippen molar-refractivity contribution >= 4 is 46.2 Å². The molecule has 7 heteroatoms. The number of rotatable bonds is 4. The normalized spacial score (nSPS) is 16.2. The van der Waals surface area contributed by atoms with E-state index in [1.54, 1.807) is 0 Å². The van der Waals surface area contributed by atoms with Crippen LogP contribution in [0.3, 0.4) is 0 Å². The number of carbonyl (C=O) groups is 3. The lowest BCUT2D eigenvalue weighted by atomic mass is 10.1. The van der Waals surface area contributed by atoms with Gasteiger partial charge in [-0.15, -0.1) is 0 Å². The van der Waals surface area contributed by atoms with E-state index in [0.717, 1.165) is 25.2 Å². The van der Waals surface area contributed by atoms with E-state index in [1.807, 2.05) is 56.3 Å². The highest BCUT2D eigenvalue weighted by Gasteiger charge is 2.41. The first kappa shape index (κ1) is 20.3. The molecule has 3 amide bonds. The molecule has 2 aromatic rings. The summed E-state index contributed by atoms with van der Waals surface area (Å²) in [7, 11) is 0. The first-order valence-electron chi connectivity index (χ1n) is 8.97. The van der Waals surface area contributed by atoms with Gasteiger partial charge in [0.05, 0.1) is 0 Å². The summed E-state index contributed by atoms with van der Waals surface area (Å²) in [6.07, 6.45) is -0.362. The van der Waals surface area contributed by atoms with Gasteiger partial charge in [-0.1, -0.05) is 30.3 Å². The fraction of sp³-hybridized carbons (Fsp3) is 0.286. The zero-order valence-corrected chi connectivity index (χ0v) is 17.9. The van der Waals surface area contributed by atoms with E-state index < -0.39 is 18.0 Å². The minimum absolute atomic E-state index is 0.0487. The van der Waals surface area contributed by atoms with Crippen LogP contribution < -0.4 is 5.32 Å². The summed E-state index contributed by atoms with van der Waals surface area (Å²) in [5.41, 5.74) is 3.39. The number of nitrogens with one attached hydrogen (secondary N) is 1. The van der Waals surface area contributed by atoms with E-state index in [-0.39, 0.29) is 25.4 Å². The first-order valence-corrected chi connectivity index (χ1v) is 10.0. The van der Waals surface area contributed by atoms with Crippen molar-refractivity contribution in [3.63, 3.8) is 0 Å². The average Bonchev–Trinajstić information content (AvgIpc) is 3.05. The Bertz CT molecular complexity index is 891. The maximum Gasteiger partial charge on any atom is 0.417 e. The van der Waals surface area contributed by atoms with Crippen molar-refractivity contribution in [2.24, 2.45) is 0 Å². The number of nitrogens with zero attached hydrogens (tertiary/aromatic N) is 1. The minimum atomic E-state index is -0.867. The molecular formula is C21H21IN2O4. The van der Waals surface area contributed by atoms with Crippen molar-refractivity contribution < 1.29 is 19.1 Å². The highest BCUT2D eigenvalue weighted by atomic mass is 127. The third-order valence-electron chi connectivity index (χ3n) is 4.66. The van der Waals surface area contributed by atoms with Gasteiger partial charge in [0.2, 0.25) is 11.8 Å². The average molecular weight is 492 g/mol. The van der Waals surface area contributed by atoms with Gasteiger partial charge in [0.1, 0.15) is 12.6 Å². The number of hydrogen-bond acceptors (Lipinski definition) is 4. The second-order valence-corrected chi connectivity index (χ2v) is 8.01. The molecule has 0 saturated carbocycles. The molecule has 1 fully saturated rings. The Balaban J connectivity index is 1.71. The number of amides is 3. The van der Waals surface area contributed by atoms with Crippen LogP contribution in [0.25, 0.3) is 0 Å². The highest BCUT2D eigenvalue weighted by molar-refractivity contribution is 14.1. The van der Waals surface area contributed by atoms with E-state index in [4.69, 9.17) is 4.74 Å². The molecule has 0 radical (unpaired) electrons. The van der Waals surface area contributed by atoms with Gasteiger partial charge in [0, 0.05) is 15.7 Å². The molecule has 1 saturated heterocycles. The monoisotopic (exact) mass is 492 g/mol. The number of hydrogen-bond donors (Lipinski definition) is 1. The van der Waals surface area contributed by atoms with Crippen molar-refractivity contribution in [3.05, 3.63) is 62.7 Å². The molecule has 1 aliphatic rings. The summed E-state index contributed by atoms with van der Waals surface area (Å²) in [6, 6.07) is 12.3. The molecule has 6 nitrogen and oxygen atoms in total. The summed E-state index contributed by atoms with van der Waals surface area (Å²) < 4.78 is 6.34. The Morgan fingerprint density at radius 1 is 1.18 bits per heavy atom. The maximum absolute atomic E-state index is 12.8. The number of benzene rings is 2. The van der Waals surface area contributed by atoms with Crippen LogP contribution in [0.4, 0.5) is 10.5 Å². The van der Waals surface area contributed by atoms with Crippen LogP contribution in [-0.2, 0) is 20.9 Å². The van der Waals surface area contributed by atoms with Crippen LogP contribution in [0.5, 0.6) is 0 Å². The van der Waals surface area contributed by atoms with Gasteiger partial charge >= 0.3 is 6.09 Å². The van der Waals surface area contributed by atoms with Gasteiger partial charge in [-0.3, -0.25) is 9.59 Å². The van der Waals surface area contributed by atoms with E-state index in [2.05, 4.69) is 27.9 Å². The summed E-state index contributed by atoms with van der Waals surface area (Å²) in [4.78, 5) is 38.5. The van der Waals surface area contributed by atoms with Crippen LogP contribution in [0.1, 0.15) is 29.5 Å². The summed E-state index contributed by atoms with van der Waals surface area (Å²) in [5, 5.41) is 2.88. The molecule has 1 heterocycles. The number of ether oxygens (including phenoxy) is 1. The van der Waals surface area contributed by atoms with Gasteiger partial charge in [0.15, 0.2) is 0 Å². The van der Waals surface area contributed by atoms with Crippen LogP contribution in [0, 0.1) is 17.4 Å². The fourth-order valence-corrected chi connectivity index (χ4v) is 4.20. The number of likely N-dealkylation sites (tertiary alicyclic amines) is 1. The highest BCUT2D eigenvalue weighted by Crippen LogP contribution is 2.26. The molecule has 0 spiro atoms. The second kappa shape index (κ2) is 8.72. The second-order valence-electron chi connectivity index (χ2n) is 6.76. The van der Waals surface area contributed by atoms with Gasteiger partial charge in [-0.25, -0.2) is 9.69 Å². The molecule has 1 atom stereocenters. The number of anilines is 1. The third kappa shape index (κ3) is 4.52. The zero-order chi connectivity index (χ0) is 20.3. The molecule has 0 aliphatic carbocycles. The van der Waals surface area contributed by atoms with E-state index in [0.29, 0.717) is 5.69 Å². The Hall–Kier alpha value is -2.42. The Kier molecular flexibility index (Phi) is 6.33. The number of carbonyl (C=O) groups excluding carboxylic acids is 3. The van der Waals surface area contributed by atoms with Gasteiger partial charge in [0.25, 0.3) is 0 Å². The Labute approximate surface area is 177 Å². The number of aryl methyl sites for hydroxylation is 2. The molecule has 3 rings (SSSR count). The van der Waals surface area contributed by atoms with Crippen molar-refractivity contribution in [2.75, 3.05) is 5.32 Å². The van der Waals surface area contributed by atoms with Gasteiger partial charge in [-0.05, 0) is 71.7 Å². The summed E-state index contributed by atoms with van der Waals surface area (Å²) >= 11 is 2.22. The minimum Gasteiger partial charge on any atom is -0.444 e. The molecule has 146 valence electrons. The first-order chi connectivity index (χ1) is 13.4. The number of imide groups is 1. The topological polar surface area (TPSA) is 75.7 Å². The van der Waals surface area contributed by atoms with Crippen LogP contribution >= 0.6 is 22.6 Å². The molecule has 2 aromatic carbocycles. The third-order valence-corrected chi connectivity index (χ3v) is 5.28. The lowest BCUT2D eigenvalue weighted by Gasteiger charge is -2.22. The summed E-state index contributed by atoms with van der Waals surface area (Å²) in [6.45, 7) is 3.88. The molecule has 28 heavy (non-hydrogen) atoms. The lowest BCUT2D eigenvalue weighted by Crippen LogP contribution is -2.45. The Morgan fingerprint density at radius 2 is 1.82 bits per heavy atom. The van der Waals surface area contributed by atoms with Gasteiger partial charge in [-0.2, -0.15) is 0 Å². The molecule has 1 N–H and O–H groups in total. The number of halogens is 1. The van der Waals surface area contributed by atoms with Crippen molar-refractivity contribution in [1.82, 2.24) is 4.90 Å². The molecule has 1 aliphatic heterocycles. The van der Waals surface area contributed by atoms with Crippen molar-refractivity contribution in [3.8, 4) is 0 Å². The van der Waals surface area contributed by atoms with E-state index in [1.165, 1.54) is 0 Å². The van der Waals surface area contributed by atoms with Crippen LogP contribution in [0.2, 0.25) is 0 Å². The molecule has 0 aromatic heterocycles.